The van der Waals surface area contributed by atoms with Gasteiger partial charge in [-0.2, -0.15) is 0 Å². The molecule has 0 heterocycles. The van der Waals surface area contributed by atoms with Gasteiger partial charge in [0.1, 0.15) is 0 Å². The molecule has 0 fully saturated rings. The Morgan fingerprint density at radius 2 is 1.33 bits per heavy atom. The van der Waals surface area contributed by atoms with E-state index in [9.17, 15) is 0 Å². The van der Waals surface area contributed by atoms with Crippen LogP contribution in [0.3, 0.4) is 0 Å². The van der Waals surface area contributed by atoms with Crippen LogP contribution < -0.4 is 0 Å². The van der Waals surface area contributed by atoms with Gasteiger partial charge in [-0.05, 0) is 33.0 Å². The second kappa shape index (κ2) is 8.47. The molecule has 0 aliphatic rings. The van der Waals surface area contributed by atoms with E-state index >= 15 is 0 Å². The van der Waals surface area contributed by atoms with Crippen molar-refractivity contribution < 1.29 is 16.8 Å². The molecule has 9 heavy (non-hydrogen) atoms. The summed E-state index contributed by atoms with van der Waals surface area (Å²) in [5.74, 6) is 0. The Bertz CT molecular complexity index is 42.2. The van der Waals surface area contributed by atoms with Gasteiger partial charge in [0.15, 0.2) is 0 Å². The first-order valence-corrected chi connectivity index (χ1v) is 3.49. The molecule has 0 spiro atoms. The molecule has 1 radical (unpaired) electrons. The SMILES string of the molecule is CCCN(C)CCC.[Co]. The summed E-state index contributed by atoms with van der Waals surface area (Å²) in [6, 6.07) is 0. The second-order valence-corrected chi connectivity index (χ2v) is 2.30. The zero-order valence-electron chi connectivity index (χ0n) is 6.61. The number of hydrogen-bond donors (Lipinski definition) is 0. The van der Waals surface area contributed by atoms with E-state index in [-0.39, 0.29) is 16.8 Å². The molecule has 0 atom stereocenters. The van der Waals surface area contributed by atoms with Crippen LogP contribution in [0.25, 0.3) is 0 Å². The predicted molar refractivity (Wildman–Crippen MR) is 38.1 cm³/mol. The van der Waals surface area contributed by atoms with Gasteiger partial charge in [0.05, 0.1) is 0 Å². The first-order chi connectivity index (χ1) is 3.81. The van der Waals surface area contributed by atoms with Crippen LogP contribution >= 0.6 is 0 Å². The van der Waals surface area contributed by atoms with Crippen LogP contribution in [0.4, 0.5) is 0 Å². The van der Waals surface area contributed by atoms with Crippen molar-refractivity contribution in [2.75, 3.05) is 20.1 Å². The Labute approximate surface area is 69.0 Å². The third-order valence-corrected chi connectivity index (χ3v) is 1.21. The van der Waals surface area contributed by atoms with Crippen LogP contribution in [0, 0.1) is 0 Å². The van der Waals surface area contributed by atoms with Crippen LogP contribution in [0.15, 0.2) is 0 Å². The van der Waals surface area contributed by atoms with E-state index < -0.39 is 0 Å². The van der Waals surface area contributed by atoms with Crippen molar-refractivity contribution in [3.63, 3.8) is 0 Å². The number of nitrogens with zero attached hydrogens (tertiary/aromatic N) is 1. The van der Waals surface area contributed by atoms with Gasteiger partial charge >= 0.3 is 0 Å². The summed E-state index contributed by atoms with van der Waals surface area (Å²) in [4.78, 5) is 2.36. The first kappa shape index (κ1) is 12.2. The molecule has 59 valence electrons. The molecule has 0 saturated heterocycles. The van der Waals surface area contributed by atoms with Crippen LogP contribution in [0.2, 0.25) is 0 Å². The van der Waals surface area contributed by atoms with Crippen molar-refractivity contribution in [3.8, 4) is 0 Å². The maximum absolute atomic E-state index is 2.36. The molecule has 0 rings (SSSR count). The number of hydrogen-bond acceptors (Lipinski definition) is 1. The number of rotatable bonds is 4. The predicted octanol–water partition coefficient (Wildman–Crippen LogP) is 1.74. The summed E-state index contributed by atoms with van der Waals surface area (Å²) < 4.78 is 0. The van der Waals surface area contributed by atoms with E-state index in [2.05, 4.69) is 25.8 Å². The maximum Gasteiger partial charge on any atom is 0 e. The Balaban J connectivity index is 0. The van der Waals surface area contributed by atoms with Gasteiger partial charge in [0.2, 0.25) is 0 Å². The van der Waals surface area contributed by atoms with Gasteiger partial charge in [-0.15, -0.1) is 0 Å². The molecule has 0 aromatic heterocycles. The molecule has 2 heteroatoms. The summed E-state index contributed by atoms with van der Waals surface area (Å²) in [7, 11) is 2.17. The van der Waals surface area contributed by atoms with E-state index in [4.69, 9.17) is 0 Å². The van der Waals surface area contributed by atoms with Gasteiger partial charge < -0.3 is 4.90 Å². The van der Waals surface area contributed by atoms with Crippen molar-refractivity contribution in [1.29, 1.82) is 0 Å². The summed E-state index contributed by atoms with van der Waals surface area (Å²) >= 11 is 0. The fraction of sp³-hybridized carbons (Fsp3) is 1.00. The molecule has 0 aromatic carbocycles. The van der Waals surface area contributed by atoms with E-state index in [0.717, 1.165) is 0 Å². The Morgan fingerprint density at radius 1 is 1.00 bits per heavy atom. The molecule has 0 unspecified atom stereocenters. The van der Waals surface area contributed by atoms with E-state index in [1.165, 1.54) is 25.9 Å². The molecule has 1 nitrogen and oxygen atoms in total. The summed E-state index contributed by atoms with van der Waals surface area (Å²) in [6.45, 7) is 6.92. The largest absolute Gasteiger partial charge is 0.306 e. The molecular weight excluding hydrogens is 157 g/mol. The van der Waals surface area contributed by atoms with Gasteiger partial charge in [-0.25, -0.2) is 0 Å². The normalized spacial score (nSPS) is 9.33. The zero-order chi connectivity index (χ0) is 6.41. The topological polar surface area (TPSA) is 3.24 Å². The summed E-state index contributed by atoms with van der Waals surface area (Å²) in [6.07, 6.45) is 2.55. The standard InChI is InChI=1S/C7H17N.Co/c1-4-6-8(3)7-5-2;/h4-7H2,1-3H3;. The molecule has 0 N–H and O–H groups in total. The molecule has 0 aliphatic carbocycles. The monoisotopic (exact) mass is 174 g/mol. The molecular formula is C7H17CoN. The van der Waals surface area contributed by atoms with Gasteiger partial charge in [0.25, 0.3) is 0 Å². The zero-order valence-corrected chi connectivity index (χ0v) is 7.65. The molecule has 0 bridgehead atoms. The van der Waals surface area contributed by atoms with Crippen LogP contribution in [-0.4, -0.2) is 25.0 Å². The minimum absolute atomic E-state index is 0. The van der Waals surface area contributed by atoms with E-state index in [1.807, 2.05) is 0 Å². The molecule has 0 aliphatic heterocycles. The maximum atomic E-state index is 2.36. The Morgan fingerprint density at radius 3 is 1.56 bits per heavy atom. The Hall–Kier alpha value is 0.466. The fourth-order valence-corrected chi connectivity index (χ4v) is 0.875. The average Bonchev–Trinajstić information content (AvgIpc) is 1.68. The van der Waals surface area contributed by atoms with Crippen LogP contribution in [0.5, 0.6) is 0 Å². The van der Waals surface area contributed by atoms with Crippen molar-refractivity contribution >= 4 is 0 Å². The molecule has 0 saturated carbocycles. The van der Waals surface area contributed by atoms with Crippen molar-refractivity contribution in [1.82, 2.24) is 4.90 Å². The van der Waals surface area contributed by atoms with Gasteiger partial charge in [-0.3, -0.25) is 0 Å². The second-order valence-electron chi connectivity index (χ2n) is 2.30. The average molecular weight is 174 g/mol. The van der Waals surface area contributed by atoms with Crippen LogP contribution in [0.1, 0.15) is 26.7 Å². The van der Waals surface area contributed by atoms with Gasteiger partial charge in [0, 0.05) is 16.8 Å². The molecule has 0 amide bonds. The Kier molecular flexibility index (Phi) is 11.5. The fourth-order valence-electron chi connectivity index (χ4n) is 0.875. The third-order valence-electron chi connectivity index (χ3n) is 1.21. The minimum atomic E-state index is 0. The van der Waals surface area contributed by atoms with Crippen molar-refractivity contribution in [2.24, 2.45) is 0 Å². The first-order valence-electron chi connectivity index (χ1n) is 3.49. The van der Waals surface area contributed by atoms with Gasteiger partial charge in [-0.1, -0.05) is 13.8 Å². The smallest absolute Gasteiger partial charge is 0 e. The van der Waals surface area contributed by atoms with Crippen molar-refractivity contribution in [2.45, 2.75) is 26.7 Å². The summed E-state index contributed by atoms with van der Waals surface area (Å²) in [5, 5.41) is 0. The third kappa shape index (κ3) is 8.47. The van der Waals surface area contributed by atoms with E-state index in [0.29, 0.717) is 0 Å². The van der Waals surface area contributed by atoms with Crippen LogP contribution in [-0.2, 0) is 16.8 Å². The van der Waals surface area contributed by atoms with Crippen molar-refractivity contribution in [3.05, 3.63) is 0 Å². The molecule has 0 aromatic rings. The summed E-state index contributed by atoms with van der Waals surface area (Å²) in [5.41, 5.74) is 0. The quantitative estimate of drug-likeness (QED) is 0.627. The minimum Gasteiger partial charge on any atom is -0.306 e. The van der Waals surface area contributed by atoms with E-state index in [1.54, 1.807) is 0 Å².